The largest absolute Gasteiger partial charge is 0.314 e. The van der Waals surface area contributed by atoms with Crippen LogP contribution in [0, 0.1) is 12.7 Å². The average molecular weight is 337 g/mol. The average Bonchev–Trinajstić information content (AvgIpc) is 2.44. The fourth-order valence-electron chi connectivity index (χ4n) is 2.84. The van der Waals surface area contributed by atoms with Gasteiger partial charge < -0.3 is 5.32 Å². The minimum Gasteiger partial charge on any atom is -0.314 e. The van der Waals surface area contributed by atoms with Gasteiger partial charge in [-0.05, 0) is 19.4 Å². The summed E-state index contributed by atoms with van der Waals surface area (Å²) in [7, 11) is 0. The summed E-state index contributed by atoms with van der Waals surface area (Å²) in [4.78, 5) is 2.43. The fraction of sp³-hybridized carbons (Fsp3) is 0.625. The molecule has 0 unspecified atom stereocenters. The van der Waals surface area contributed by atoms with Crippen molar-refractivity contribution in [3.05, 3.63) is 35.1 Å². The Balaban J connectivity index is 0.00000200. The first-order chi connectivity index (χ1) is 9.22. The molecule has 0 aromatic heterocycles. The molecular formula is C16H27Cl2FN2. The molecule has 1 aliphatic rings. The highest BCUT2D eigenvalue weighted by Gasteiger charge is 2.24. The Morgan fingerprint density at radius 1 is 1.24 bits per heavy atom. The number of hydrogen-bond donors (Lipinski definition) is 1. The molecule has 2 rings (SSSR count). The van der Waals surface area contributed by atoms with E-state index in [1.165, 1.54) is 0 Å². The van der Waals surface area contributed by atoms with Gasteiger partial charge in [0, 0.05) is 37.8 Å². The summed E-state index contributed by atoms with van der Waals surface area (Å²) in [5, 5.41) is 3.37. The van der Waals surface area contributed by atoms with E-state index in [1.54, 1.807) is 6.07 Å². The first-order valence-electron chi connectivity index (χ1n) is 7.43. The van der Waals surface area contributed by atoms with Crippen LogP contribution in [-0.4, -0.2) is 31.1 Å². The molecule has 0 spiro atoms. The van der Waals surface area contributed by atoms with Crippen molar-refractivity contribution < 1.29 is 4.39 Å². The fourth-order valence-corrected chi connectivity index (χ4v) is 2.84. The van der Waals surface area contributed by atoms with Gasteiger partial charge >= 0.3 is 0 Å². The number of unbranched alkanes of at least 4 members (excludes halogenated alkanes) is 1. The summed E-state index contributed by atoms with van der Waals surface area (Å²) < 4.78 is 14.2. The zero-order chi connectivity index (χ0) is 13.7. The molecule has 1 heterocycles. The van der Waals surface area contributed by atoms with E-state index < -0.39 is 0 Å². The maximum atomic E-state index is 14.2. The zero-order valence-corrected chi connectivity index (χ0v) is 14.5. The molecule has 1 aliphatic heterocycles. The predicted octanol–water partition coefficient (Wildman–Crippen LogP) is 4.11. The van der Waals surface area contributed by atoms with Gasteiger partial charge in [-0.15, -0.1) is 24.8 Å². The highest BCUT2D eigenvalue weighted by Crippen LogP contribution is 2.29. The Labute approximate surface area is 140 Å². The standard InChI is InChI=1S/C16H25FN2.2ClH/c1-3-4-5-16(19-10-8-18-9-11-19)14-12-13(2)6-7-15(14)17;;/h6-7,12,16,18H,3-5,8-11H2,1-2H3;2*1H/t16-;;/m0../s1. The maximum absolute atomic E-state index is 14.2. The molecular weight excluding hydrogens is 310 g/mol. The summed E-state index contributed by atoms with van der Waals surface area (Å²) in [6.45, 7) is 8.29. The molecule has 1 atom stereocenters. The van der Waals surface area contributed by atoms with Gasteiger partial charge in [0.1, 0.15) is 5.82 Å². The predicted molar refractivity (Wildman–Crippen MR) is 92.3 cm³/mol. The third kappa shape index (κ3) is 5.74. The molecule has 0 saturated carbocycles. The summed E-state index contributed by atoms with van der Waals surface area (Å²) in [6.07, 6.45) is 3.37. The molecule has 1 aromatic rings. The van der Waals surface area contributed by atoms with Crippen molar-refractivity contribution in [3.63, 3.8) is 0 Å². The van der Waals surface area contributed by atoms with E-state index in [1.807, 2.05) is 19.1 Å². The van der Waals surface area contributed by atoms with E-state index >= 15 is 0 Å². The highest BCUT2D eigenvalue weighted by atomic mass is 35.5. The SMILES string of the molecule is CCCC[C@@H](c1cc(C)ccc1F)N1CCNCC1.Cl.Cl. The van der Waals surface area contributed by atoms with Crippen LogP contribution in [0.2, 0.25) is 0 Å². The lowest BCUT2D eigenvalue weighted by Crippen LogP contribution is -2.45. The Morgan fingerprint density at radius 3 is 2.52 bits per heavy atom. The minimum absolute atomic E-state index is 0. The number of hydrogen-bond acceptors (Lipinski definition) is 2. The number of piperazine rings is 1. The van der Waals surface area contributed by atoms with E-state index in [0.29, 0.717) is 0 Å². The van der Waals surface area contributed by atoms with Crippen molar-refractivity contribution in [1.29, 1.82) is 0 Å². The molecule has 1 fully saturated rings. The van der Waals surface area contributed by atoms with Crippen molar-refractivity contribution >= 4 is 24.8 Å². The van der Waals surface area contributed by atoms with Crippen molar-refractivity contribution in [1.82, 2.24) is 10.2 Å². The monoisotopic (exact) mass is 336 g/mol. The van der Waals surface area contributed by atoms with Gasteiger partial charge in [0.05, 0.1) is 0 Å². The number of halogens is 3. The Morgan fingerprint density at radius 2 is 1.90 bits per heavy atom. The molecule has 1 N–H and O–H groups in total. The number of aryl methyl sites for hydroxylation is 1. The van der Waals surface area contributed by atoms with Crippen LogP contribution in [0.25, 0.3) is 0 Å². The summed E-state index contributed by atoms with van der Waals surface area (Å²) in [5.41, 5.74) is 2.03. The molecule has 1 aromatic carbocycles. The minimum atomic E-state index is -0.0507. The second kappa shape index (κ2) is 10.4. The quantitative estimate of drug-likeness (QED) is 0.870. The molecule has 0 bridgehead atoms. The summed E-state index contributed by atoms with van der Waals surface area (Å²) >= 11 is 0. The maximum Gasteiger partial charge on any atom is 0.128 e. The lowest BCUT2D eigenvalue weighted by molar-refractivity contribution is 0.160. The summed E-state index contributed by atoms with van der Waals surface area (Å²) in [5.74, 6) is -0.0507. The lowest BCUT2D eigenvalue weighted by atomic mass is 9.97. The van der Waals surface area contributed by atoms with Gasteiger partial charge in [-0.3, -0.25) is 4.90 Å². The molecule has 0 amide bonds. The van der Waals surface area contributed by atoms with Crippen LogP contribution in [0.15, 0.2) is 18.2 Å². The van der Waals surface area contributed by atoms with Gasteiger partial charge in [0.25, 0.3) is 0 Å². The Hall–Kier alpha value is -0.350. The lowest BCUT2D eigenvalue weighted by Gasteiger charge is -2.35. The van der Waals surface area contributed by atoms with Gasteiger partial charge in [-0.1, -0.05) is 37.5 Å². The van der Waals surface area contributed by atoms with E-state index in [4.69, 9.17) is 0 Å². The van der Waals surface area contributed by atoms with Gasteiger partial charge in [-0.25, -0.2) is 4.39 Å². The topological polar surface area (TPSA) is 15.3 Å². The van der Waals surface area contributed by atoms with Crippen molar-refractivity contribution in [2.75, 3.05) is 26.2 Å². The van der Waals surface area contributed by atoms with Crippen LogP contribution < -0.4 is 5.32 Å². The second-order valence-electron chi connectivity index (χ2n) is 5.47. The first kappa shape index (κ1) is 20.6. The van der Waals surface area contributed by atoms with Crippen LogP contribution >= 0.6 is 24.8 Å². The number of nitrogens with zero attached hydrogens (tertiary/aromatic N) is 1. The molecule has 21 heavy (non-hydrogen) atoms. The first-order valence-corrected chi connectivity index (χ1v) is 7.43. The summed E-state index contributed by atoms with van der Waals surface area (Å²) in [6, 6.07) is 5.73. The van der Waals surface area contributed by atoms with Crippen molar-refractivity contribution in [2.24, 2.45) is 0 Å². The molecule has 0 radical (unpaired) electrons. The van der Waals surface area contributed by atoms with Gasteiger partial charge in [0.2, 0.25) is 0 Å². The van der Waals surface area contributed by atoms with Crippen LogP contribution in [0.5, 0.6) is 0 Å². The van der Waals surface area contributed by atoms with E-state index in [0.717, 1.165) is 56.6 Å². The number of nitrogens with one attached hydrogen (secondary N) is 1. The van der Waals surface area contributed by atoms with Crippen LogP contribution in [0.4, 0.5) is 4.39 Å². The number of rotatable bonds is 5. The normalized spacial score (nSPS) is 16.7. The van der Waals surface area contributed by atoms with Crippen LogP contribution in [0.3, 0.4) is 0 Å². The van der Waals surface area contributed by atoms with E-state index in [2.05, 4.69) is 17.1 Å². The van der Waals surface area contributed by atoms with Crippen molar-refractivity contribution in [2.45, 2.75) is 39.2 Å². The van der Waals surface area contributed by atoms with E-state index in [9.17, 15) is 4.39 Å². The molecule has 122 valence electrons. The molecule has 2 nitrogen and oxygen atoms in total. The third-order valence-electron chi connectivity index (χ3n) is 3.93. The smallest absolute Gasteiger partial charge is 0.128 e. The molecule has 5 heteroatoms. The van der Waals surface area contributed by atoms with E-state index in [-0.39, 0.29) is 36.7 Å². The van der Waals surface area contributed by atoms with Crippen LogP contribution in [-0.2, 0) is 0 Å². The third-order valence-corrected chi connectivity index (χ3v) is 3.93. The van der Waals surface area contributed by atoms with Crippen molar-refractivity contribution in [3.8, 4) is 0 Å². The number of benzene rings is 1. The Kier molecular flexibility index (Phi) is 10.2. The van der Waals surface area contributed by atoms with Gasteiger partial charge in [-0.2, -0.15) is 0 Å². The van der Waals surface area contributed by atoms with Gasteiger partial charge in [0.15, 0.2) is 0 Å². The zero-order valence-electron chi connectivity index (χ0n) is 12.9. The van der Waals surface area contributed by atoms with Crippen LogP contribution in [0.1, 0.15) is 43.4 Å². The Bertz CT molecular complexity index is 409. The molecule has 0 aliphatic carbocycles. The second-order valence-corrected chi connectivity index (χ2v) is 5.47. The highest BCUT2D eigenvalue weighted by molar-refractivity contribution is 5.85. The molecule has 1 saturated heterocycles.